The number of rotatable bonds is 2. The normalized spacial score (nSPS) is 17.8. The molecule has 0 N–H and O–H groups in total. The van der Waals surface area contributed by atoms with Gasteiger partial charge in [-0.1, -0.05) is 0 Å². The molecule has 1 saturated heterocycles. The second-order valence-corrected chi connectivity index (χ2v) is 6.40. The standard InChI is InChI=1S/C10H11N3O2S2/c14-7-8-9(11-10-13(8)1-4-16-10)12-2-5-17(15)6-3-12/h1,4,7H,2-3,5-6H2. The van der Waals surface area contributed by atoms with Gasteiger partial charge in [-0.3, -0.25) is 13.4 Å². The lowest BCUT2D eigenvalue weighted by Crippen LogP contribution is -2.38. The Morgan fingerprint density at radius 1 is 1.41 bits per heavy atom. The second-order valence-electron chi connectivity index (χ2n) is 3.83. The third-order valence-corrected chi connectivity index (χ3v) is 4.90. The number of thiazole rings is 1. The summed E-state index contributed by atoms with van der Waals surface area (Å²) < 4.78 is 13.1. The third kappa shape index (κ3) is 1.79. The predicted octanol–water partition coefficient (Wildman–Crippen LogP) is 0.777. The molecule has 1 aliphatic heterocycles. The maximum atomic E-state index is 11.3. The Labute approximate surface area is 105 Å². The molecule has 0 aromatic carbocycles. The van der Waals surface area contributed by atoms with Crippen LogP contribution in [0.1, 0.15) is 10.5 Å². The number of carbonyl (C=O) groups is 1. The van der Waals surface area contributed by atoms with Crippen LogP contribution in [0.2, 0.25) is 0 Å². The number of imidazole rings is 1. The Kier molecular flexibility index (Phi) is 2.71. The molecule has 0 amide bonds. The smallest absolute Gasteiger partial charge is 0.196 e. The Morgan fingerprint density at radius 2 is 2.18 bits per heavy atom. The van der Waals surface area contributed by atoms with E-state index in [-0.39, 0.29) is 0 Å². The summed E-state index contributed by atoms with van der Waals surface area (Å²) in [4.78, 5) is 18.5. The fourth-order valence-corrected chi connectivity index (χ4v) is 3.75. The van der Waals surface area contributed by atoms with Gasteiger partial charge in [-0.15, -0.1) is 11.3 Å². The number of carbonyl (C=O) groups excluding carboxylic acids is 1. The van der Waals surface area contributed by atoms with Crippen molar-refractivity contribution in [2.45, 2.75) is 0 Å². The van der Waals surface area contributed by atoms with Crippen molar-refractivity contribution < 1.29 is 9.00 Å². The summed E-state index contributed by atoms with van der Waals surface area (Å²) in [7, 11) is -0.713. The molecule has 17 heavy (non-hydrogen) atoms. The summed E-state index contributed by atoms with van der Waals surface area (Å²) in [5.74, 6) is 2.04. The molecular weight excluding hydrogens is 258 g/mol. The van der Waals surface area contributed by atoms with E-state index < -0.39 is 10.8 Å². The van der Waals surface area contributed by atoms with Crippen molar-refractivity contribution in [3.05, 3.63) is 17.3 Å². The predicted molar refractivity (Wildman–Crippen MR) is 68.5 cm³/mol. The second kappa shape index (κ2) is 4.23. The van der Waals surface area contributed by atoms with Crippen molar-refractivity contribution in [1.82, 2.24) is 9.38 Å². The number of fused-ring (bicyclic) bond motifs is 1. The SMILES string of the molecule is O=Cc1c(N2CCS(=O)CC2)nc2sccn12. The van der Waals surface area contributed by atoms with Crippen LogP contribution in [0.25, 0.3) is 4.96 Å². The number of aldehydes is 1. The van der Waals surface area contributed by atoms with Crippen LogP contribution in [0.15, 0.2) is 11.6 Å². The van der Waals surface area contributed by atoms with Crippen molar-refractivity contribution in [2.75, 3.05) is 29.5 Å². The molecule has 0 atom stereocenters. The van der Waals surface area contributed by atoms with Crippen molar-refractivity contribution in [3.8, 4) is 0 Å². The average molecular weight is 269 g/mol. The number of anilines is 1. The minimum absolute atomic E-state index is 0.592. The van der Waals surface area contributed by atoms with Crippen LogP contribution >= 0.6 is 11.3 Å². The molecule has 0 unspecified atom stereocenters. The lowest BCUT2D eigenvalue weighted by atomic mass is 10.4. The van der Waals surface area contributed by atoms with Crippen molar-refractivity contribution >= 4 is 39.2 Å². The minimum Gasteiger partial charge on any atom is -0.353 e. The Balaban J connectivity index is 2.01. The third-order valence-electron chi connectivity index (χ3n) is 2.87. The molecule has 3 heterocycles. The van der Waals surface area contributed by atoms with Gasteiger partial charge >= 0.3 is 0 Å². The molecule has 3 rings (SSSR count). The molecule has 1 fully saturated rings. The monoisotopic (exact) mass is 269 g/mol. The number of hydrogen-bond acceptors (Lipinski definition) is 5. The van der Waals surface area contributed by atoms with Gasteiger partial charge in [0.25, 0.3) is 0 Å². The van der Waals surface area contributed by atoms with E-state index in [1.807, 2.05) is 16.5 Å². The lowest BCUT2D eigenvalue weighted by Gasteiger charge is -2.26. The molecule has 90 valence electrons. The van der Waals surface area contributed by atoms with Crippen LogP contribution in [-0.4, -0.2) is 44.5 Å². The van der Waals surface area contributed by atoms with Gasteiger partial charge in [-0.25, -0.2) is 4.98 Å². The van der Waals surface area contributed by atoms with Crippen LogP contribution < -0.4 is 4.90 Å². The van der Waals surface area contributed by atoms with Crippen LogP contribution in [0.3, 0.4) is 0 Å². The summed E-state index contributed by atoms with van der Waals surface area (Å²) >= 11 is 1.51. The fraction of sp³-hybridized carbons (Fsp3) is 0.400. The van der Waals surface area contributed by atoms with Gasteiger partial charge in [0.2, 0.25) is 0 Å². The molecule has 5 nitrogen and oxygen atoms in total. The highest BCUT2D eigenvalue weighted by Crippen LogP contribution is 2.24. The van der Waals surface area contributed by atoms with E-state index in [1.54, 1.807) is 4.40 Å². The van der Waals surface area contributed by atoms with E-state index in [4.69, 9.17) is 0 Å². The minimum atomic E-state index is -0.713. The molecule has 2 aromatic rings. The van der Waals surface area contributed by atoms with Crippen molar-refractivity contribution in [2.24, 2.45) is 0 Å². The first kappa shape index (κ1) is 10.9. The van der Waals surface area contributed by atoms with Crippen molar-refractivity contribution in [1.29, 1.82) is 0 Å². The molecule has 7 heteroatoms. The number of aromatic nitrogens is 2. The molecule has 0 saturated carbocycles. The first-order chi connectivity index (χ1) is 8.29. The first-order valence-corrected chi connectivity index (χ1v) is 7.67. The molecule has 2 aromatic heterocycles. The quantitative estimate of drug-likeness (QED) is 0.756. The topological polar surface area (TPSA) is 54.7 Å². The molecule has 1 aliphatic rings. The summed E-state index contributed by atoms with van der Waals surface area (Å²) in [6, 6.07) is 0. The van der Waals surface area contributed by atoms with Crippen LogP contribution in [-0.2, 0) is 10.8 Å². The summed E-state index contributed by atoms with van der Waals surface area (Å²) in [6.07, 6.45) is 2.69. The molecule has 0 spiro atoms. The van der Waals surface area contributed by atoms with Crippen LogP contribution in [0, 0.1) is 0 Å². The highest BCUT2D eigenvalue weighted by Gasteiger charge is 2.22. The van der Waals surface area contributed by atoms with E-state index in [9.17, 15) is 9.00 Å². The van der Waals surface area contributed by atoms with E-state index in [1.165, 1.54) is 11.3 Å². The van der Waals surface area contributed by atoms with Gasteiger partial charge < -0.3 is 4.90 Å². The largest absolute Gasteiger partial charge is 0.353 e. The number of nitrogens with zero attached hydrogens (tertiary/aromatic N) is 3. The zero-order valence-corrected chi connectivity index (χ0v) is 10.7. The van der Waals surface area contributed by atoms with Gasteiger partial charge in [-0.05, 0) is 0 Å². The average Bonchev–Trinajstić information content (AvgIpc) is 2.89. The molecule has 0 aliphatic carbocycles. The Bertz CT molecular complexity index is 579. The molecular formula is C10H11N3O2S2. The number of hydrogen-bond donors (Lipinski definition) is 0. The first-order valence-electron chi connectivity index (χ1n) is 5.30. The highest BCUT2D eigenvalue weighted by atomic mass is 32.2. The summed E-state index contributed by atoms with van der Waals surface area (Å²) in [6.45, 7) is 1.41. The van der Waals surface area contributed by atoms with E-state index in [2.05, 4.69) is 4.98 Å². The van der Waals surface area contributed by atoms with E-state index in [0.29, 0.717) is 30.3 Å². The zero-order valence-electron chi connectivity index (χ0n) is 9.04. The zero-order chi connectivity index (χ0) is 11.8. The van der Waals surface area contributed by atoms with E-state index in [0.717, 1.165) is 17.1 Å². The van der Waals surface area contributed by atoms with E-state index >= 15 is 0 Å². The maximum absolute atomic E-state index is 11.3. The van der Waals surface area contributed by atoms with Crippen LogP contribution in [0.5, 0.6) is 0 Å². The van der Waals surface area contributed by atoms with Gasteiger partial charge in [-0.2, -0.15) is 0 Å². The Morgan fingerprint density at radius 3 is 2.88 bits per heavy atom. The fourth-order valence-electron chi connectivity index (χ4n) is 1.98. The van der Waals surface area contributed by atoms with Gasteiger partial charge in [0.15, 0.2) is 17.1 Å². The lowest BCUT2D eigenvalue weighted by molar-refractivity contribution is 0.111. The van der Waals surface area contributed by atoms with Crippen LogP contribution in [0.4, 0.5) is 5.82 Å². The maximum Gasteiger partial charge on any atom is 0.196 e. The summed E-state index contributed by atoms with van der Waals surface area (Å²) in [5.41, 5.74) is 0.592. The molecule has 0 radical (unpaired) electrons. The Hall–Kier alpha value is -1.21. The van der Waals surface area contributed by atoms with Crippen molar-refractivity contribution in [3.63, 3.8) is 0 Å². The molecule has 0 bridgehead atoms. The van der Waals surface area contributed by atoms with Gasteiger partial charge in [0.05, 0.1) is 0 Å². The van der Waals surface area contributed by atoms with Gasteiger partial charge in [0.1, 0.15) is 5.69 Å². The highest BCUT2D eigenvalue weighted by molar-refractivity contribution is 7.85. The summed E-state index contributed by atoms with van der Waals surface area (Å²) in [5, 5.41) is 1.91. The van der Waals surface area contributed by atoms with Gasteiger partial charge in [0, 0.05) is 47.0 Å².